The molecule has 1 rings (SSSR count). The van der Waals surface area contributed by atoms with Crippen molar-refractivity contribution in [3.8, 4) is 6.07 Å². The van der Waals surface area contributed by atoms with Crippen LogP contribution in [0.1, 0.15) is 57.8 Å². The minimum atomic E-state index is -0.576. The fourth-order valence-electron chi connectivity index (χ4n) is 2.67. The smallest absolute Gasteiger partial charge is 0.328 e. The highest BCUT2D eigenvalue weighted by atomic mass is 16.5. The number of carbonyl (C=O) groups excluding carboxylic acids is 2. The highest BCUT2D eigenvalue weighted by molar-refractivity contribution is 5.84. The van der Waals surface area contributed by atoms with Crippen LogP contribution in [-0.2, 0) is 14.3 Å². The lowest BCUT2D eigenvalue weighted by Crippen LogP contribution is -2.42. The second-order valence-corrected chi connectivity index (χ2v) is 5.40. The Kier molecular flexibility index (Phi) is 7.71. The lowest BCUT2D eigenvalue weighted by atomic mass is 10.0. The largest absolute Gasteiger partial charge is 0.467 e. The standard InChI is InChI=1S/C15H24N2O3/c1-20-15(19)13(9-3-2-6-10-16)17-14(18)11-12-7-4-5-8-12/h12-13H,2-9,11H2,1H3,(H,17,18)/t13-/m0/s1. The molecule has 0 aromatic heterocycles. The maximum absolute atomic E-state index is 11.9. The molecule has 0 radical (unpaired) electrons. The number of nitriles is 1. The molecule has 0 saturated heterocycles. The number of hydrogen-bond acceptors (Lipinski definition) is 4. The van der Waals surface area contributed by atoms with Gasteiger partial charge in [0.1, 0.15) is 6.04 Å². The van der Waals surface area contributed by atoms with E-state index >= 15 is 0 Å². The third kappa shape index (κ3) is 6.05. The number of unbranched alkanes of at least 4 members (excludes halogenated alkanes) is 2. The van der Waals surface area contributed by atoms with Crippen LogP contribution in [0.25, 0.3) is 0 Å². The Bertz CT molecular complexity index is 357. The molecule has 112 valence electrons. The average Bonchev–Trinajstić information content (AvgIpc) is 2.94. The van der Waals surface area contributed by atoms with Crippen molar-refractivity contribution in [1.82, 2.24) is 5.32 Å². The van der Waals surface area contributed by atoms with Gasteiger partial charge in [0.05, 0.1) is 13.2 Å². The lowest BCUT2D eigenvalue weighted by Gasteiger charge is -2.17. The molecule has 0 aromatic rings. The van der Waals surface area contributed by atoms with Gasteiger partial charge in [-0.1, -0.05) is 12.8 Å². The van der Waals surface area contributed by atoms with Crippen LogP contribution >= 0.6 is 0 Å². The van der Waals surface area contributed by atoms with Gasteiger partial charge in [0, 0.05) is 12.8 Å². The van der Waals surface area contributed by atoms with Crippen molar-refractivity contribution in [1.29, 1.82) is 5.26 Å². The fraction of sp³-hybridized carbons (Fsp3) is 0.800. The molecular weight excluding hydrogens is 256 g/mol. The van der Waals surface area contributed by atoms with E-state index in [-0.39, 0.29) is 5.91 Å². The van der Waals surface area contributed by atoms with Gasteiger partial charge in [-0.2, -0.15) is 5.26 Å². The molecule has 20 heavy (non-hydrogen) atoms. The summed E-state index contributed by atoms with van der Waals surface area (Å²) in [5, 5.41) is 11.3. The molecule has 5 heteroatoms. The Morgan fingerprint density at radius 1 is 1.35 bits per heavy atom. The van der Waals surface area contributed by atoms with Crippen molar-refractivity contribution in [2.45, 2.75) is 63.8 Å². The second-order valence-electron chi connectivity index (χ2n) is 5.40. The number of nitrogens with one attached hydrogen (secondary N) is 1. The van der Waals surface area contributed by atoms with Crippen LogP contribution < -0.4 is 5.32 Å². The summed E-state index contributed by atoms with van der Waals surface area (Å²) in [6, 6.07) is 1.49. The van der Waals surface area contributed by atoms with Gasteiger partial charge in [-0.3, -0.25) is 4.79 Å². The number of hydrogen-bond donors (Lipinski definition) is 1. The monoisotopic (exact) mass is 280 g/mol. The lowest BCUT2D eigenvalue weighted by molar-refractivity contribution is -0.145. The van der Waals surface area contributed by atoms with E-state index in [0.717, 1.165) is 25.7 Å². The second kappa shape index (κ2) is 9.35. The molecule has 0 heterocycles. The number of methoxy groups -OCH3 is 1. The van der Waals surface area contributed by atoms with E-state index in [4.69, 9.17) is 10.00 Å². The SMILES string of the molecule is COC(=O)[C@H](CCCCC#N)NC(=O)CC1CCCC1. The Balaban J connectivity index is 2.36. The summed E-state index contributed by atoms with van der Waals surface area (Å²) in [6.07, 6.45) is 7.61. The predicted molar refractivity (Wildman–Crippen MR) is 74.6 cm³/mol. The number of rotatable bonds is 8. The minimum Gasteiger partial charge on any atom is -0.467 e. The summed E-state index contributed by atoms with van der Waals surface area (Å²) in [7, 11) is 1.33. The Morgan fingerprint density at radius 2 is 2.05 bits per heavy atom. The molecule has 0 bridgehead atoms. The topological polar surface area (TPSA) is 79.2 Å². The molecule has 1 N–H and O–H groups in total. The summed E-state index contributed by atoms with van der Waals surface area (Å²) in [4.78, 5) is 23.6. The Labute approximate surface area is 120 Å². The van der Waals surface area contributed by atoms with E-state index in [2.05, 4.69) is 11.4 Å². The highest BCUT2D eigenvalue weighted by Gasteiger charge is 2.24. The zero-order valence-corrected chi connectivity index (χ0v) is 12.2. The first-order valence-electron chi connectivity index (χ1n) is 7.41. The van der Waals surface area contributed by atoms with Crippen LogP contribution in [0.5, 0.6) is 0 Å². The van der Waals surface area contributed by atoms with Crippen LogP contribution in [0.3, 0.4) is 0 Å². The molecule has 0 spiro atoms. The van der Waals surface area contributed by atoms with Crippen molar-refractivity contribution in [2.24, 2.45) is 5.92 Å². The number of ether oxygens (including phenoxy) is 1. The fourth-order valence-corrected chi connectivity index (χ4v) is 2.67. The van der Waals surface area contributed by atoms with Gasteiger partial charge in [0.2, 0.25) is 5.91 Å². The van der Waals surface area contributed by atoms with Crippen molar-refractivity contribution >= 4 is 11.9 Å². The average molecular weight is 280 g/mol. The summed E-state index contributed by atoms with van der Waals surface area (Å²) >= 11 is 0. The van der Waals surface area contributed by atoms with E-state index in [0.29, 0.717) is 25.2 Å². The Morgan fingerprint density at radius 3 is 2.65 bits per heavy atom. The van der Waals surface area contributed by atoms with Gasteiger partial charge in [-0.05, 0) is 38.0 Å². The normalized spacial score (nSPS) is 16.4. The van der Waals surface area contributed by atoms with Gasteiger partial charge < -0.3 is 10.1 Å². The quantitative estimate of drug-likeness (QED) is 0.546. The number of esters is 1. The molecule has 0 aromatic carbocycles. The summed E-state index contributed by atoms with van der Waals surface area (Å²) in [5.74, 6) is 0.00111. The van der Waals surface area contributed by atoms with E-state index in [1.54, 1.807) is 0 Å². The minimum absolute atomic E-state index is 0.0624. The van der Waals surface area contributed by atoms with E-state index in [1.165, 1.54) is 20.0 Å². The van der Waals surface area contributed by atoms with Gasteiger partial charge in [0.15, 0.2) is 0 Å². The van der Waals surface area contributed by atoms with Crippen LogP contribution in [0.15, 0.2) is 0 Å². The molecular formula is C15H24N2O3. The van der Waals surface area contributed by atoms with E-state index in [9.17, 15) is 9.59 Å². The zero-order valence-electron chi connectivity index (χ0n) is 12.2. The molecule has 1 fully saturated rings. The first kappa shape index (κ1) is 16.5. The predicted octanol–water partition coefficient (Wildman–Crippen LogP) is 2.31. The van der Waals surface area contributed by atoms with Gasteiger partial charge in [0.25, 0.3) is 0 Å². The molecule has 1 aliphatic rings. The molecule has 1 amide bonds. The number of nitrogens with zero attached hydrogens (tertiary/aromatic N) is 1. The highest BCUT2D eigenvalue weighted by Crippen LogP contribution is 2.27. The third-order valence-corrected chi connectivity index (χ3v) is 3.80. The molecule has 1 aliphatic carbocycles. The van der Waals surface area contributed by atoms with Crippen molar-refractivity contribution in [3.63, 3.8) is 0 Å². The van der Waals surface area contributed by atoms with E-state index in [1.807, 2.05) is 0 Å². The zero-order chi connectivity index (χ0) is 14.8. The van der Waals surface area contributed by atoms with Gasteiger partial charge in [-0.15, -0.1) is 0 Å². The summed E-state index contributed by atoms with van der Waals surface area (Å²) in [5.41, 5.74) is 0. The number of amides is 1. The molecule has 0 aliphatic heterocycles. The molecule has 1 saturated carbocycles. The number of carbonyl (C=O) groups is 2. The van der Waals surface area contributed by atoms with Crippen LogP contribution in [0.4, 0.5) is 0 Å². The van der Waals surface area contributed by atoms with Crippen LogP contribution in [0.2, 0.25) is 0 Å². The van der Waals surface area contributed by atoms with Crippen molar-refractivity contribution in [2.75, 3.05) is 7.11 Å². The third-order valence-electron chi connectivity index (χ3n) is 3.80. The first-order valence-corrected chi connectivity index (χ1v) is 7.41. The maximum Gasteiger partial charge on any atom is 0.328 e. The van der Waals surface area contributed by atoms with Crippen molar-refractivity contribution < 1.29 is 14.3 Å². The maximum atomic E-state index is 11.9. The van der Waals surface area contributed by atoms with Crippen LogP contribution in [-0.4, -0.2) is 25.0 Å². The van der Waals surface area contributed by atoms with Crippen LogP contribution in [0, 0.1) is 17.2 Å². The van der Waals surface area contributed by atoms with Gasteiger partial charge in [-0.25, -0.2) is 4.79 Å². The summed E-state index contributed by atoms with van der Waals surface area (Å²) < 4.78 is 4.72. The molecule has 1 atom stereocenters. The van der Waals surface area contributed by atoms with Gasteiger partial charge >= 0.3 is 5.97 Å². The molecule has 5 nitrogen and oxygen atoms in total. The molecule has 0 unspecified atom stereocenters. The first-order chi connectivity index (χ1) is 9.67. The van der Waals surface area contributed by atoms with E-state index < -0.39 is 12.0 Å². The van der Waals surface area contributed by atoms with Crippen molar-refractivity contribution in [3.05, 3.63) is 0 Å². The summed E-state index contributed by atoms with van der Waals surface area (Å²) in [6.45, 7) is 0. The Hall–Kier alpha value is -1.57.